The molecule has 1 saturated carbocycles. The second kappa shape index (κ2) is 4.81. The highest BCUT2D eigenvalue weighted by molar-refractivity contribution is 7.11. The van der Waals surface area contributed by atoms with Gasteiger partial charge in [-0.3, -0.25) is 4.79 Å². The van der Waals surface area contributed by atoms with E-state index < -0.39 is 0 Å². The molecule has 2 atom stereocenters. The van der Waals surface area contributed by atoms with E-state index in [0.29, 0.717) is 18.1 Å². The smallest absolute Gasteiger partial charge is 0.143 e. The van der Waals surface area contributed by atoms with Gasteiger partial charge in [-0.25, -0.2) is 4.98 Å². The van der Waals surface area contributed by atoms with Crippen LogP contribution in [0.2, 0.25) is 0 Å². The lowest BCUT2D eigenvalue weighted by molar-refractivity contribution is -0.120. The van der Waals surface area contributed by atoms with E-state index in [2.05, 4.69) is 43.1 Å². The first kappa shape index (κ1) is 13.5. The molecule has 0 N–H and O–H groups in total. The minimum absolute atomic E-state index is 0.0741. The van der Waals surface area contributed by atoms with Gasteiger partial charge in [0.2, 0.25) is 0 Å². The Kier molecular flexibility index (Phi) is 3.25. The van der Waals surface area contributed by atoms with Gasteiger partial charge in [-0.15, -0.1) is 11.3 Å². The van der Waals surface area contributed by atoms with Crippen LogP contribution in [0.25, 0.3) is 0 Å². The van der Waals surface area contributed by atoms with Gasteiger partial charge < -0.3 is 0 Å². The Morgan fingerprint density at radius 2 is 2.00 bits per heavy atom. The second-order valence-electron chi connectivity index (χ2n) is 6.20. The highest BCUT2D eigenvalue weighted by Crippen LogP contribution is 2.64. The van der Waals surface area contributed by atoms with E-state index in [1.807, 2.05) is 19.2 Å². The van der Waals surface area contributed by atoms with E-state index in [9.17, 15) is 4.79 Å². The first-order valence-corrected chi connectivity index (χ1v) is 7.81. The number of carbonyl (C=O) groups excluding carboxylic acids is 1. The molecule has 0 saturated heterocycles. The number of aryl methyl sites for hydroxylation is 1. The van der Waals surface area contributed by atoms with Gasteiger partial charge in [0, 0.05) is 17.0 Å². The van der Waals surface area contributed by atoms with Gasteiger partial charge in [-0.2, -0.15) is 0 Å². The van der Waals surface area contributed by atoms with Gasteiger partial charge in [0.1, 0.15) is 10.8 Å². The molecule has 0 radical (unpaired) electrons. The van der Waals surface area contributed by atoms with Crippen molar-refractivity contribution in [1.29, 1.82) is 0 Å². The van der Waals surface area contributed by atoms with Gasteiger partial charge in [0.15, 0.2) is 0 Å². The number of thiazole rings is 1. The zero-order chi connectivity index (χ0) is 14.3. The van der Waals surface area contributed by atoms with Crippen molar-refractivity contribution in [3.63, 3.8) is 0 Å². The molecule has 2 aromatic rings. The van der Waals surface area contributed by atoms with Crippen LogP contribution in [0.1, 0.15) is 35.2 Å². The lowest BCUT2D eigenvalue weighted by atomic mass is 10.0. The highest BCUT2D eigenvalue weighted by atomic mass is 32.1. The lowest BCUT2D eigenvalue weighted by Crippen LogP contribution is -2.09. The molecule has 2 nitrogen and oxygen atoms in total. The fraction of sp³-hybridized carbons (Fsp3) is 0.412. The number of nitrogens with zero attached hydrogens (tertiary/aromatic N) is 1. The molecular formula is C17H19NOS. The first-order valence-electron chi connectivity index (χ1n) is 6.99. The molecule has 0 aliphatic heterocycles. The molecular weight excluding hydrogens is 266 g/mol. The number of carbonyl (C=O) groups is 1. The normalized spacial score (nSPS) is 23.6. The maximum Gasteiger partial charge on any atom is 0.143 e. The largest absolute Gasteiger partial charge is 0.299 e. The van der Waals surface area contributed by atoms with E-state index in [1.54, 1.807) is 11.3 Å². The molecule has 3 heteroatoms. The van der Waals surface area contributed by atoms with E-state index in [-0.39, 0.29) is 11.3 Å². The van der Waals surface area contributed by atoms with Crippen molar-refractivity contribution in [3.8, 4) is 0 Å². The number of Topliss-reactive ketones (excluding diaryl/α,β-unsaturated/α-hetero) is 1. The topological polar surface area (TPSA) is 30.0 Å². The Morgan fingerprint density at radius 3 is 2.60 bits per heavy atom. The summed E-state index contributed by atoms with van der Waals surface area (Å²) in [6.07, 6.45) is 2.33. The Morgan fingerprint density at radius 1 is 1.30 bits per heavy atom. The third kappa shape index (κ3) is 2.31. The van der Waals surface area contributed by atoms with E-state index in [4.69, 9.17) is 0 Å². The molecule has 1 fully saturated rings. The quantitative estimate of drug-likeness (QED) is 0.849. The predicted molar refractivity (Wildman–Crippen MR) is 82.0 cm³/mol. The summed E-state index contributed by atoms with van der Waals surface area (Å²) in [5, 5.41) is 0.946. The molecule has 1 aliphatic carbocycles. The van der Waals surface area contributed by atoms with Crippen LogP contribution in [-0.4, -0.2) is 10.8 Å². The Hall–Kier alpha value is -1.48. The predicted octanol–water partition coefficient (Wildman–Crippen LogP) is 4.00. The third-order valence-electron chi connectivity index (χ3n) is 4.33. The van der Waals surface area contributed by atoms with E-state index in [1.165, 1.54) is 10.4 Å². The Balaban J connectivity index is 1.76. The van der Waals surface area contributed by atoms with Gasteiger partial charge >= 0.3 is 0 Å². The molecule has 1 heterocycles. The van der Waals surface area contributed by atoms with Crippen LogP contribution in [0.3, 0.4) is 0 Å². The van der Waals surface area contributed by atoms with E-state index >= 15 is 0 Å². The summed E-state index contributed by atoms with van der Waals surface area (Å²) in [5.41, 5.74) is 1.36. The Bertz CT molecular complexity index is 629. The SMILES string of the molecule is Cc1cnc(CC(=O)[C@@H]2[C@@H](c3ccccc3)C2(C)C)s1. The number of hydrogen-bond donors (Lipinski definition) is 0. The maximum atomic E-state index is 12.6. The molecule has 1 aromatic carbocycles. The van der Waals surface area contributed by atoms with Crippen LogP contribution in [-0.2, 0) is 11.2 Å². The van der Waals surface area contributed by atoms with Crippen molar-refractivity contribution in [2.24, 2.45) is 11.3 Å². The highest BCUT2D eigenvalue weighted by Gasteiger charge is 2.61. The standard InChI is InChI=1S/C17H19NOS/c1-11-10-18-14(20-11)9-13(19)16-15(17(16,2)3)12-7-5-4-6-8-12/h4-8,10,15-16H,9H2,1-3H3/t15-,16-/m1/s1. The molecule has 1 aromatic heterocycles. The van der Waals surface area contributed by atoms with Crippen LogP contribution in [0.5, 0.6) is 0 Å². The Labute approximate surface area is 123 Å². The molecule has 0 spiro atoms. The van der Waals surface area contributed by atoms with Crippen molar-refractivity contribution in [2.75, 3.05) is 0 Å². The van der Waals surface area contributed by atoms with Gasteiger partial charge in [0.05, 0.1) is 6.42 Å². The molecule has 0 unspecified atom stereocenters. The molecule has 1 aliphatic rings. The molecule has 0 bridgehead atoms. The minimum Gasteiger partial charge on any atom is -0.299 e. The second-order valence-corrected chi connectivity index (χ2v) is 7.51. The number of ketones is 1. The average Bonchev–Trinajstić information content (AvgIpc) is 2.75. The third-order valence-corrected chi connectivity index (χ3v) is 5.24. The van der Waals surface area contributed by atoms with Crippen molar-refractivity contribution in [3.05, 3.63) is 52.0 Å². The molecule has 104 valence electrons. The van der Waals surface area contributed by atoms with Crippen LogP contribution >= 0.6 is 11.3 Å². The summed E-state index contributed by atoms with van der Waals surface area (Å²) in [5.74, 6) is 0.824. The van der Waals surface area contributed by atoms with Crippen molar-refractivity contribution < 1.29 is 4.79 Å². The number of hydrogen-bond acceptors (Lipinski definition) is 3. The van der Waals surface area contributed by atoms with E-state index in [0.717, 1.165) is 5.01 Å². The number of benzene rings is 1. The molecule has 3 rings (SSSR count). The minimum atomic E-state index is 0.0741. The van der Waals surface area contributed by atoms with Crippen LogP contribution in [0.15, 0.2) is 36.5 Å². The van der Waals surface area contributed by atoms with Gasteiger partial charge in [0.25, 0.3) is 0 Å². The molecule has 20 heavy (non-hydrogen) atoms. The van der Waals surface area contributed by atoms with Crippen molar-refractivity contribution in [1.82, 2.24) is 4.98 Å². The monoisotopic (exact) mass is 285 g/mol. The fourth-order valence-electron chi connectivity index (χ4n) is 3.26. The van der Waals surface area contributed by atoms with Crippen molar-refractivity contribution >= 4 is 17.1 Å². The number of aromatic nitrogens is 1. The lowest BCUT2D eigenvalue weighted by Gasteiger charge is -2.01. The zero-order valence-corrected chi connectivity index (χ0v) is 12.9. The molecule has 0 amide bonds. The summed E-state index contributed by atoms with van der Waals surface area (Å²) < 4.78 is 0. The fourth-order valence-corrected chi connectivity index (χ4v) is 4.06. The summed E-state index contributed by atoms with van der Waals surface area (Å²) in [7, 11) is 0. The van der Waals surface area contributed by atoms with Crippen LogP contribution < -0.4 is 0 Å². The zero-order valence-electron chi connectivity index (χ0n) is 12.1. The first-order chi connectivity index (χ1) is 9.50. The summed E-state index contributed by atoms with van der Waals surface area (Å²) in [4.78, 5) is 18.0. The van der Waals surface area contributed by atoms with Crippen molar-refractivity contribution in [2.45, 2.75) is 33.1 Å². The van der Waals surface area contributed by atoms with Crippen LogP contribution in [0.4, 0.5) is 0 Å². The average molecular weight is 285 g/mol. The summed E-state index contributed by atoms with van der Waals surface area (Å²) in [6.45, 7) is 6.42. The summed E-state index contributed by atoms with van der Waals surface area (Å²) in [6, 6.07) is 10.4. The van der Waals surface area contributed by atoms with Gasteiger partial charge in [-0.05, 0) is 23.8 Å². The summed E-state index contributed by atoms with van der Waals surface area (Å²) >= 11 is 1.63. The van der Waals surface area contributed by atoms with Gasteiger partial charge in [-0.1, -0.05) is 44.2 Å². The van der Waals surface area contributed by atoms with Crippen LogP contribution in [0, 0.1) is 18.3 Å². The maximum absolute atomic E-state index is 12.6. The number of rotatable bonds is 4.